The third-order valence-corrected chi connectivity index (χ3v) is 2.94. The van der Waals surface area contributed by atoms with E-state index in [0.717, 1.165) is 12.1 Å². The van der Waals surface area contributed by atoms with Crippen molar-refractivity contribution in [2.75, 3.05) is 5.32 Å². The van der Waals surface area contributed by atoms with Crippen LogP contribution in [0.3, 0.4) is 0 Å². The monoisotopic (exact) mass is 319 g/mol. The van der Waals surface area contributed by atoms with Crippen molar-refractivity contribution in [2.45, 2.75) is 19.0 Å². The fourth-order valence-corrected chi connectivity index (χ4v) is 1.86. The summed E-state index contributed by atoms with van der Waals surface area (Å²) in [6.07, 6.45) is -4.54. The summed E-state index contributed by atoms with van der Waals surface area (Å²) in [5.41, 5.74) is 0.582. The van der Waals surface area contributed by atoms with Crippen LogP contribution in [-0.2, 0) is 15.8 Å². The van der Waals surface area contributed by atoms with Crippen LogP contribution in [-0.4, -0.2) is 17.5 Å². The van der Waals surface area contributed by atoms with Gasteiger partial charge in [0, 0.05) is 17.9 Å². The van der Waals surface area contributed by atoms with Gasteiger partial charge in [0.25, 0.3) is 5.91 Å². The van der Waals surface area contributed by atoms with Crippen LogP contribution < -0.4 is 10.7 Å². The molecule has 2 N–H and O–H groups in total. The van der Waals surface area contributed by atoms with Crippen molar-refractivity contribution in [3.05, 3.63) is 28.8 Å². The Hall–Kier alpha value is -2.09. The smallest absolute Gasteiger partial charge is 0.320 e. The molecule has 0 radical (unpaired) electrons. The van der Waals surface area contributed by atoms with Gasteiger partial charge in [-0.25, -0.2) is 5.43 Å². The van der Waals surface area contributed by atoms with E-state index < -0.39 is 23.3 Å². The summed E-state index contributed by atoms with van der Waals surface area (Å²) in [5.74, 6) is -1.16. The van der Waals surface area contributed by atoms with Crippen molar-refractivity contribution < 1.29 is 22.8 Å². The lowest BCUT2D eigenvalue weighted by Gasteiger charge is -2.16. The quantitative estimate of drug-likeness (QED) is 0.879. The zero-order valence-corrected chi connectivity index (χ0v) is 11.2. The minimum atomic E-state index is -4.66. The fraction of sp³-hybridized carbons (Fsp3) is 0.250. The summed E-state index contributed by atoms with van der Waals surface area (Å²) in [5, 5.41) is 5.55. The number of carbonyl (C=O) groups excluding carboxylic acids is 2. The predicted molar refractivity (Wildman–Crippen MR) is 69.9 cm³/mol. The normalized spacial score (nSPS) is 15.2. The van der Waals surface area contributed by atoms with Gasteiger partial charge in [0.1, 0.15) is 5.71 Å². The molecule has 1 aliphatic heterocycles. The van der Waals surface area contributed by atoms with E-state index in [4.69, 9.17) is 11.6 Å². The number of benzene rings is 1. The highest BCUT2D eigenvalue weighted by Crippen LogP contribution is 2.36. The van der Waals surface area contributed by atoms with Crippen LogP contribution >= 0.6 is 11.6 Å². The average Bonchev–Trinajstić information content (AvgIpc) is 2.40. The maximum Gasteiger partial charge on any atom is 0.418 e. The first-order chi connectivity index (χ1) is 9.77. The Morgan fingerprint density at radius 1 is 1.33 bits per heavy atom. The molecule has 21 heavy (non-hydrogen) atoms. The number of alkyl halides is 3. The van der Waals surface area contributed by atoms with Crippen molar-refractivity contribution in [2.24, 2.45) is 5.10 Å². The van der Waals surface area contributed by atoms with Gasteiger partial charge in [-0.05, 0) is 18.2 Å². The topological polar surface area (TPSA) is 70.6 Å². The molecule has 0 bridgehead atoms. The van der Waals surface area contributed by atoms with E-state index >= 15 is 0 Å². The van der Waals surface area contributed by atoms with E-state index in [0.29, 0.717) is 0 Å². The van der Waals surface area contributed by atoms with Gasteiger partial charge in [0.2, 0.25) is 5.91 Å². The standard InChI is InChI=1S/C12H9ClF3N3O2/c13-6-1-2-8(7(5-6)12(14,15)16)17-11(21)9-3-4-10(20)19-18-9/h1-2,5H,3-4H2,(H,17,21)(H,19,20). The fourth-order valence-electron chi connectivity index (χ4n) is 1.69. The molecule has 0 fully saturated rings. The van der Waals surface area contributed by atoms with Gasteiger partial charge in [-0.15, -0.1) is 0 Å². The number of amides is 2. The lowest BCUT2D eigenvalue weighted by atomic mass is 10.1. The highest BCUT2D eigenvalue weighted by Gasteiger charge is 2.34. The zero-order valence-electron chi connectivity index (χ0n) is 10.4. The average molecular weight is 320 g/mol. The minimum Gasteiger partial charge on any atom is -0.320 e. The number of hydrogen-bond acceptors (Lipinski definition) is 3. The Bertz CT molecular complexity index is 629. The van der Waals surface area contributed by atoms with E-state index in [1.807, 2.05) is 0 Å². The van der Waals surface area contributed by atoms with Gasteiger partial charge in [0.05, 0.1) is 11.3 Å². The molecular formula is C12H9ClF3N3O2. The van der Waals surface area contributed by atoms with Crippen molar-refractivity contribution in [3.8, 4) is 0 Å². The van der Waals surface area contributed by atoms with Crippen LogP contribution in [0.15, 0.2) is 23.3 Å². The molecule has 2 rings (SSSR count). The molecule has 1 heterocycles. The molecule has 0 spiro atoms. The van der Waals surface area contributed by atoms with Crippen molar-refractivity contribution in [1.82, 2.24) is 5.43 Å². The minimum absolute atomic E-state index is 0.0438. The van der Waals surface area contributed by atoms with Gasteiger partial charge in [-0.1, -0.05) is 11.6 Å². The van der Waals surface area contributed by atoms with Gasteiger partial charge >= 0.3 is 6.18 Å². The number of carbonyl (C=O) groups is 2. The number of hydrogen-bond donors (Lipinski definition) is 2. The number of hydrazone groups is 1. The molecule has 1 aromatic rings. The summed E-state index contributed by atoms with van der Waals surface area (Å²) >= 11 is 5.54. The van der Waals surface area contributed by atoms with Crippen molar-refractivity contribution >= 4 is 34.8 Å². The SMILES string of the molecule is O=C1CCC(C(=O)Nc2ccc(Cl)cc2C(F)(F)F)=NN1. The Morgan fingerprint density at radius 2 is 2.05 bits per heavy atom. The van der Waals surface area contributed by atoms with Gasteiger partial charge < -0.3 is 5.32 Å². The van der Waals surface area contributed by atoms with E-state index in [-0.39, 0.29) is 29.5 Å². The van der Waals surface area contributed by atoms with Crippen molar-refractivity contribution in [3.63, 3.8) is 0 Å². The van der Waals surface area contributed by atoms with Crippen LogP contribution in [0.25, 0.3) is 0 Å². The number of nitrogens with one attached hydrogen (secondary N) is 2. The van der Waals surface area contributed by atoms with Crippen LogP contribution in [0.2, 0.25) is 5.02 Å². The third-order valence-electron chi connectivity index (χ3n) is 2.70. The first kappa shape index (κ1) is 15.3. The number of anilines is 1. The van der Waals surface area contributed by atoms with E-state index in [1.54, 1.807) is 0 Å². The van der Waals surface area contributed by atoms with Crippen LogP contribution in [0.5, 0.6) is 0 Å². The Kier molecular flexibility index (Phi) is 4.17. The van der Waals surface area contributed by atoms with Crippen LogP contribution in [0.4, 0.5) is 18.9 Å². The lowest BCUT2D eigenvalue weighted by molar-refractivity contribution is -0.137. The summed E-state index contributed by atoms with van der Waals surface area (Å²) < 4.78 is 38.6. The molecule has 2 amide bonds. The number of nitrogens with zero attached hydrogens (tertiary/aromatic N) is 1. The predicted octanol–water partition coefficient (Wildman–Crippen LogP) is 2.56. The highest BCUT2D eigenvalue weighted by molar-refractivity contribution is 6.43. The van der Waals surface area contributed by atoms with Crippen LogP contribution in [0.1, 0.15) is 18.4 Å². The Balaban J connectivity index is 2.24. The summed E-state index contributed by atoms with van der Waals surface area (Å²) in [4.78, 5) is 22.7. The number of rotatable bonds is 2. The molecule has 0 aromatic heterocycles. The van der Waals surface area contributed by atoms with Gasteiger partial charge in [-0.3, -0.25) is 9.59 Å². The molecule has 0 atom stereocenters. The molecule has 0 saturated heterocycles. The first-order valence-corrected chi connectivity index (χ1v) is 6.18. The van der Waals surface area contributed by atoms with Crippen molar-refractivity contribution in [1.29, 1.82) is 0 Å². The Morgan fingerprint density at radius 3 is 2.62 bits per heavy atom. The maximum absolute atomic E-state index is 12.9. The second-order valence-electron chi connectivity index (χ2n) is 4.24. The maximum atomic E-state index is 12.9. The van der Waals surface area contributed by atoms with E-state index in [2.05, 4.69) is 15.8 Å². The van der Waals surface area contributed by atoms with E-state index in [1.165, 1.54) is 6.07 Å². The van der Waals surface area contributed by atoms with Gasteiger partial charge in [-0.2, -0.15) is 18.3 Å². The molecule has 9 heteroatoms. The molecule has 0 unspecified atom stereocenters. The molecular weight excluding hydrogens is 311 g/mol. The van der Waals surface area contributed by atoms with E-state index in [9.17, 15) is 22.8 Å². The number of halogens is 4. The molecule has 0 saturated carbocycles. The first-order valence-electron chi connectivity index (χ1n) is 5.81. The van der Waals surface area contributed by atoms with Gasteiger partial charge in [0.15, 0.2) is 0 Å². The lowest BCUT2D eigenvalue weighted by Crippen LogP contribution is -2.33. The highest BCUT2D eigenvalue weighted by atomic mass is 35.5. The second-order valence-corrected chi connectivity index (χ2v) is 4.67. The molecule has 0 aliphatic carbocycles. The third kappa shape index (κ3) is 3.72. The molecule has 5 nitrogen and oxygen atoms in total. The summed E-state index contributed by atoms with van der Waals surface area (Å²) in [7, 11) is 0. The second kappa shape index (κ2) is 5.72. The molecule has 1 aliphatic rings. The van der Waals surface area contributed by atoms with Crippen LogP contribution in [0, 0.1) is 0 Å². The summed E-state index contributed by atoms with van der Waals surface area (Å²) in [6.45, 7) is 0. The molecule has 1 aromatic carbocycles. The summed E-state index contributed by atoms with van der Waals surface area (Å²) in [6, 6.07) is 3.02. The zero-order chi connectivity index (χ0) is 15.6. The largest absolute Gasteiger partial charge is 0.418 e. The molecule has 112 valence electrons. The Labute approximate surface area is 122 Å².